The van der Waals surface area contributed by atoms with Crippen LogP contribution in [0.15, 0.2) is 0 Å². The van der Waals surface area contributed by atoms with E-state index in [0.717, 1.165) is 6.42 Å². The molecule has 1 fully saturated rings. The minimum atomic E-state index is -2.84. The van der Waals surface area contributed by atoms with Crippen LogP contribution >= 0.6 is 31.1 Å². The first-order chi connectivity index (χ1) is 6.60. The Morgan fingerprint density at radius 1 is 1.29 bits per heavy atom. The molecule has 0 radical (unpaired) electrons. The Morgan fingerprint density at radius 2 is 1.79 bits per heavy atom. The molecule has 0 atom stereocenters. The van der Waals surface area contributed by atoms with Gasteiger partial charge in [-0.1, -0.05) is 6.92 Å². The maximum atomic E-state index is 11.8. The van der Waals surface area contributed by atoms with Gasteiger partial charge in [0.05, 0.1) is 5.41 Å². The normalized spacial score (nSPS) is 24.9. The van der Waals surface area contributed by atoms with E-state index < -0.39 is 7.94 Å². The van der Waals surface area contributed by atoms with E-state index in [1.54, 1.807) is 0 Å². The fourth-order valence-corrected chi connectivity index (χ4v) is 3.56. The van der Waals surface area contributed by atoms with E-state index >= 15 is 0 Å². The average Bonchev–Trinajstić information content (AvgIpc) is 2.20. The molecule has 1 aliphatic heterocycles. The monoisotopic (exact) mass is 260 g/mol. The van der Waals surface area contributed by atoms with Gasteiger partial charge in [-0.15, -0.1) is 23.2 Å². The summed E-state index contributed by atoms with van der Waals surface area (Å²) in [7, 11) is -2.84. The summed E-state index contributed by atoms with van der Waals surface area (Å²) in [6, 6.07) is 0. The Balaban J connectivity index is 2.51. The fraction of sp³-hybridized carbons (Fsp3) is 1.00. The van der Waals surface area contributed by atoms with Gasteiger partial charge in [0.25, 0.3) is 0 Å². The summed E-state index contributed by atoms with van der Waals surface area (Å²) < 4.78 is 10.5. The van der Waals surface area contributed by atoms with Crippen molar-refractivity contribution in [2.75, 3.05) is 31.1 Å². The van der Waals surface area contributed by atoms with Crippen LogP contribution in [0.5, 0.6) is 0 Å². The molecule has 0 aromatic heterocycles. The first-order valence-electron chi connectivity index (χ1n) is 4.60. The van der Waals surface area contributed by atoms with Crippen LogP contribution in [0.25, 0.3) is 0 Å². The Kier molecular flexibility index (Phi) is 4.89. The topological polar surface area (TPSA) is 41.5 Å². The zero-order valence-corrected chi connectivity index (χ0v) is 10.6. The summed E-state index contributed by atoms with van der Waals surface area (Å²) in [5.74, 6) is 0.727. The summed E-state index contributed by atoms with van der Waals surface area (Å²) in [6.07, 6.45) is 1.25. The standard InChI is InChI=1S/C8H15Cl2O3P/c1-2-3-14(11)12-6-8(4-9,5-10)7-13-14/h2-7H2,1H3. The van der Waals surface area contributed by atoms with Gasteiger partial charge in [-0.25, -0.2) is 9.05 Å². The van der Waals surface area contributed by atoms with Crippen molar-refractivity contribution in [1.29, 1.82) is 0 Å². The van der Waals surface area contributed by atoms with E-state index in [4.69, 9.17) is 32.2 Å². The SMILES string of the molecule is CCC[P+]1([O-])OCC(CCl)(CCl)CO1. The Bertz CT molecular complexity index is 177. The highest BCUT2D eigenvalue weighted by atomic mass is 35.5. The van der Waals surface area contributed by atoms with E-state index in [9.17, 15) is 4.89 Å². The molecule has 1 saturated heterocycles. The smallest absolute Gasteiger partial charge is 0.237 e. The molecule has 0 N–H and O–H groups in total. The van der Waals surface area contributed by atoms with Crippen molar-refractivity contribution in [3.63, 3.8) is 0 Å². The molecule has 1 heterocycles. The zero-order chi connectivity index (χ0) is 10.7. The predicted molar refractivity (Wildman–Crippen MR) is 57.9 cm³/mol. The molecule has 0 spiro atoms. The van der Waals surface area contributed by atoms with Crippen molar-refractivity contribution < 1.29 is 13.9 Å². The van der Waals surface area contributed by atoms with Crippen LogP contribution in [0.3, 0.4) is 0 Å². The lowest BCUT2D eigenvalue weighted by atomic mass is 9.96. The van der Waals surface area contributed by atoms with E-state index in [-0.39, 0.29) is 5.41 Å². The zero-order valence-electron chi connectivity index (χ0n) is 8.17. The molecular formula is C8H15Cl2O3P. The maximum Gasteiger partial charge on any atom is 0.237 e. The lowest BCUT2D eigenvalue weighted by molar-refractivity contribution is -0.232. The fourth-order valence-electron chi connectivity index (χ4n) is 1.14. The molecule has 14 heavy (non-hydrogen) atoms. The molecule has 0 unspecified atom stereocenters. The van der Waals surface area contributed by atoms with Crippen molar-refractivity contribution >= 4 is 31.1 Å². The van der Waals surface area contributed by atoms with Crippen LogP contribution in [0.1, 0.15) is 13.3 Å². The second-order valence-corrected chi connectivity index (χ2v) is 6.37. The summed E-state index contributed by atoms with van der Waals surface area (Å²) in [4.78, 5) is 11.8. The Hall–Kier alpha value is 0.890. The highest BCUT2D eigenvalue weighted by molar-refractivity contribution is 7.59. The highest BCUT2D eigenvalue weighted by Gasteiger charge is 2.44. The van der Waals surface area contributed by atoms with Gasteiger partial charge in [-0.2, -0.15) is 0 Å². The minimum absolute atomic E-state index is 0.331. The van der Waals surface area contributed by atoms with Crippen molar-refractivity contribution in [2.24, 2.45) is 5.41 Å². The molecule has 84 valence electrons. The third kappa shape index (κ3) is 2.94. The van der Waals surface area contributed by atoms with Gasteiger partial charge in [-0.05, 0) is 6.42 Å². The number of rotatable bonds is 4. The van der Waals surface area contributed by atoms with Gasteiger partial charge in [0.15, 0.2) is 0 Å². The predicted octanol–water partition coefficient (Wildman–Crippen LogP) is 2.03. The third-order valence-electron chi connectivity index (χ3n) is 2.20. The molecule has 1 aliphatic rings. The van der Waals surface area contributed by atoms with E-state index in [1.807, 2.05) is 6.92 Å². The highest BCUT2D eigenvalue weighted by Crippen LogP contribution is 2.57. The number of halogens is 2. The van der Waals surface area contributed by atoms with Crippen LogP contribution in [-0.4, -0.2) is 31.1 Å². The van der Waals surface area contributed by atoms with Gasteiger partial charge in [-0.3, -0.25) is 0 Å². The Morgan fingerprint density at radius 3 is 2.14 bits per heavy atom. The molecule has 0 aromatic carbocycles. The molecule has 1 rings (SSSR count). The van der Waals surface area contributed by atoms with Gasteiger partial charge in [0.1, 0.15) is 19.4 Å². The van der Waals surface area contributed by atoms with Gasteiger partial charge in [0, 0.05) is 11.8 Å². The molecule has 0 bridgehead atoms. The van der Waals surface area contributed by atoms with Crippen molar-refractivity contribution in [3.8, 4) is 0 Å². The van der Waals surface area contributed by atoms with E-state index in [0.29, 0.717) is 31.1 Å². The first kappa shape index (κ1) is 13.0. The van der Waals surface area contributed by atoms with Crippen LogP contribution in [0.2, 0.25) is 0 Å². The van der Waals surface area contributed by atoms with Crippen molar-refractivity contribution in [3.05, 3.63) is 0 Å². The molecule has 6 heteroatoms. The number of alkyl halides is 2. The van der Waals surface area contributed by atoms with Gasteiger partial charge in [0.2, 0.25) is 7.94 Å². The van der Waals surface area contributed by atoms with Crippen LogP contribution in [0, 0.1) is 5.41 Å². The number of hydrogen-bond acceptors (Lipinski definition) is 3. The second kappa shape index (κ2) is 5.29. The lowest BCUT2D eigenvalue weighted by Gasteiger charge is -2.39. The van der Waals surface area contributed by atoms with E-state index in [1.165, 1.54) is 0 Å². The van der Waals surface area contributed by atoms with Crippen LogP contribution in [0.4, 0.5) is 0 Å². The van der Waals surface area contributed by atoms with E-state index in [2.05, 4.69) is 0 Å². The summed E-state index contributed by atoms with van der Waals surface area (Å²) in [5.41, 5.74) is -0.370. The third-order valence-corrected chi connectivity index (χ3v) is 5.37. The number of hydrogen-bond donors (Lipinski definition) is 0. The quantitative estimate of drug-likeness (QED) is 0.574. The molecule has 0 saturated carbocycles. The molecule has 0 aliphatic carbocycles. The second-order valence-electron chi connectivity index (χ2n) is 3.65. The first-order valence-corrected chi connectivity index (χ1v) is 7.39. The lowest BCUT2D eigenvalue weighted by Crippen LogP contribution is -2.42. The summed E-state index contributed by atoms with van der Waals surface area (Å²) in [5, 5.41) is 0. The largest absolute Gasteiger partial charge is 0.631 e. The minimum Gasteiger partial charge on any atom is -0.631 e. The van der Waals surface area contributed by atoms with Crippen LogP contribution < -0.4 is 4.89 Å². The van der Waals surface area contributed by atoms with Gasteiger partial charge >= 0.3 is 0 Å². The van der Waals surface area contributed by atoms with Gasteiger partial charge < -0.3 is 4.89 Å². The Labute approximate surface area is 95.3 Å². The summed E-state index contributed by atoms with van der Waals surface area (Å²) in [6.45, 7) is 2.60. The average molecular weight is 261 g/mol. The molecule has 0 aromatic rings. The van der Waals surface area contributed by atoms with Crippen molar-refractivity contribution in [2.45, 2.75) is 13.3 Å². The maximum absolute atomic E-state index is 11.8. The van der Waals surface area contributed by atoms with Crippen molar-refractivity contribution in [1.82, 2.24) is 0 Å². The summed E-state index contributed by atoms with van der Waals surface area (Å²) >= 11 is 11.5. The molecule has 3 nitrogen and oxygen atoms in total. The molecule has 0 amide bonds. The molecular weight excluding hydrogens is 246 g/mol. The van der Waals surface area contributed by atoms with Crippen LogP contribution in [-0.2, 0) is 9.05 Å².